The summed E-state index contributed by atoms with van der Waals surface area (Å²) in [6.07, 6.45) is 1.85. The molecule has 116 valence electrons. The Morgan fingerprint density at radius 3 is 2.65 bits per heavy atom. The number of carbonyl (C=O) groups is 1. The van der Waals surface area contributed by atoms with Crippen LogP contribution in [-0.4, -0.2) is 28.5 Å². The van der Waals surface area contributed by atoms with Crippen LogP contribution in [0.1, 0.15) is 5.56 Å². The van der Waals surface area contributed by atoms with Crippen LogP contribution in [-0.2, 0) is 11.8 Å². The average Bonchev–Trinajstić information content (AvgIpc) is 2.93. The van der Waals surface area contributed by atoms with Crippen LogP contribution in [0, 0.1) is 5.41 Å². The largest absolute Gasteiger partial charge is 0.497 e. The summed E-state index contributed by atoms with van der Waals surface area (Å²) < 4.78 is 6.77. The number of anilines is 1. The second-order valence-electron chi connectivity index (χ2n) is 5.13. The van der Waals surface area contributed by atoms with Crippen LogP contribution in [0.3, 0.4) is 0 Å². The van der Waals surface area contributed by atoms with Gasteiger partial charge < -0.3 is 10.1 Å². The molecule has 23 heavy (non-hydrogen) atoms. The number of benzene rings is 2. The second kappa shape index (κ2) is 5.92. The molecule has 2 N–H and O–H groups in total. The van der Waals surface area contributed by atoms with Gasteiger partial charge in [-0.25, -0.2) is 0 Å². The highest BCUT2D eigenvalue weighted by Crippen LogP contribution is 2.17. The third-order valence-corrected chi connectivity index (χ3v) is 3.48. The summed E-state index contributed by atoms with van der Waals surface area (Å²) in [6, 6.07) is 12.3. The summed E-state index contributed by atoms with van der Waals surface area (Å²) in [4.78, 5) is 12.2. The van der Waals surface area contributed by atoms with Crippen molar-refractivity contribution in [3.05, 3.63) is 54.2 Å². The number of ether oxygens (including phenoxy) is 1. The van der Waals surface area contributed by atoms with Crippen LogP contribution in [0.2, 0.25) is 0 Å². The Labute approximate surface area is 133 Å². The number of carbonyl (C=O) groups excluding carboxylic acids is 1. The lowest BCUT2D eigenvalue weighted by molar-refractivity contribution is -0.110. The molecular formula is C17H16N4O2. The molecule has 0 atom stereocenters. The third kappa shape index (κ3) is 3.06. The van der Waals surface area contributed by atoms with Crippen molar-refractivity contribution in [1.29, 1.82) is 5.41 Å². The van der Waals surface area contributed by atoms with Crippen molar-refractivity contribution < 1.29 is 9.53 Å². The lowest BCUT2D eigenvalue weighted by atomic mass is 10.1. The first-order valence-corrected chi connectivity index (χ1v) is 7.04. The number of methoxy groups -OCH3 is 1. The Balaban J connectivity index is 1.78. The number of aryl methyl sites for hydroxylation is 1. The molecule has 3 aromatic rings. The van der Waals surface area contributed by atoms with Crippen LogP contribution < -0.4 is 10.1 Å². The molecule has 6 nitrogen and oxygen atoms in total. The fourth-order valence-electron chi connectivity index (χ4n) is 2.30. The van der Waals surface area contributed by atoms with Gasteiger partial charge in [-0.3, -0.25) is 14.9 Å². The Bertz CT molecular complexity index is 881. The Hall–Kier alpha value is -3.15. The summed E-state index contributed by atoms with van der Waals surface area (Å²) in [5, 5.41) is 16.0. The standard InChI is InChI=1S/C17H16N4O2/c1-21-10-12-9-11(3-8-15(12)20-21)16(18)17(22)19-13-4-6-14(23-2)7-5-13/h3-10,18H,1-2H3,(H,19,22). The number of hydrogen-bond donors (Lipinski definition) is 2. The Morgan fingerprint density at radius 2 is 1.96 bits per heavy atom. The summed E-state index contributed by atoms with van der Waals surface area (Å²) in [6.45, 7) is 0. The van der Waals surface area contributed by atoms with E-state index in [-0.39, 0.29) is 5.71 Å². The number of rotatable bonds is 4. The molecule has 0 spiro atoms. The minimum atomic E-state index is -0.460. The zero-order chi connectivity index (χ0) is 16.4. The molecule has 0 radical (unpaired) electrons. The van der Waals surface area contributed by atoms with E-state index < -0.39 is 5.91 Å². The zero-order valence-electron chi connectivity index (χ0n) is 12.8. The molecule has 0 saturated carbocycles. The predicted octanol–water partition coefficient (Wildman–Crippen LogP) is 2.59. The van der Waals surface area contributed by atoms with E-state index >= 15 is 0 Å². The fraction of sp³-hybridized carbons (Fsp3) is 0.118. The maximum atomic E-state index is 12.2. The number of hydrogen-bond acceptors (Lipinski definition) is 4. The van der Waals surface area contributed by atoms with Gasteiger partial charge in [-0.15, -0.1) is 0 Å². The molecule has 1 heterocycles. The van der Waals surface area contributed by atoms with E-state index in [1.807, 2.05) is 13.2 Å². The van der Waals surface area contributed by atoms with Crippen molar-refractivity contribution in [3.63, 3.8) is 0 Å². The van der Waals surface area contributed by atoms with Gasteiger partial charge in [0.25, 0.3) is 5.91 Å². The van der Waals surface area contributed by atoms with E-state index in [1.165, 1.54) is 0 Å². The van der Waals surface area contributed by atoms with Crippen LogP contribution in [0.4, 0.5) is 5.69 Å². The Morgan fingerprint density at radius 1 is 1.22 bits per heavy atom. The van der Waals surface area contributed by atoms with E-state index in [0.717, 1.165) is 10.9 Å². The minimum absolute atomic E-state index is 0.0911. The molecule has 1 amide bonds. The number of aromatic nitrogens is 2. The van der Waals surface area contributed by atoms with E-state index in [4.69, 9.17) is 10.1 Å². The van der Waals surface area contributed by atoms with Crippen molar-refractivity contribution in [1.82, 2.24) is 9.78 Å². The summed E-state index contributed by atoms with van der Waals surface area (Å²) in [7, 11) is 3.42. The van der Waals surface area contributed by atoms with Gasteiger partial charge in [0, 0.05) is 29.9 Å². The lowest BCUT2D eigenvalue weighted by Gasteiger charge is -2.07. The summed E-state index contributed by atoms with van der Waals surface area (Å²) in [5.74, 6) is 0.249. The van der Waals surface area contributed by atoms with Gasteiger partial charge in [0.2, 0.25) is 0 Å². The Kier molecular flexibility index (Phi) is 3.80. The average molecular weight is 308 g/mol. The summed E-state index contributed by atoms with van der Waals surface area (Å²) in [5.41, 5.74) is 1.91. The minimum Gasteiger partial charge on any atom is -0.497 e. The topological polar surface area (TPSA) is 80.0 Å². The van der Waals surface area contributed by atoms with Crippen LogP contribution in [0.15, 0.2) is 48.7 Å². The van der Waals surface area contributed by atoms with Crippen molar-refractivity contribution >= 4 is 28.2 Å². The normalized spacial score (nSPS) is 10.5. The maximum Gasteiger partial charge on any atom is 0.274 e. The molecule has 0 aliphatic heterocycles. The smallest absolute Gasteiger partial charge is 0.274 e. The van der Waals surface area contributed by atoms with Crippen LogP contribution >= 0.6 is 0 Å². The molecule has 3 rings (SSSR count). The van der Waals surface area contributed by atoms with Crippen LogP contribution in [0.25, 0.3) is 10.9 Å². The first-order chi connectivity index (χ1) is 11.1. The number of nitrogens with one attached hydrogen (secondary N) is 2. The van der Waals surface area contributed by atoms with E-state index in [9.17, 15) is 4.79 Å². The number of nitrogens with zero attached hydrogens (tertiary/aromatic N) is 2. The highest BCUT2D eigenvalue weighted by atomic mass is 16.5. The molecule has 2 aromatic carbocycles. The summed E-state index contributed by atoms with van der Waals surface area (Å²) >= 11 is 0. The number of fused-ring (bicyclic) bond motifs is 1. The second-order valence-corrected chi connectivity index (χ2v) is 5.13. The highest BCUT2D eigenvalue weighted by Gasteiger charge is 2.13. The van der Waals surface area contributed by atoms with E-state index in [0.29, 0.717) is 17.0 Å². The van der Waals surface area contributed by atoms with Crippen molar-refractivity contribution in [2.24, 2.45) is 7.05 Å². The molecule has 0 fully saturated rings. The van der Waals surface area contributed by atoms with E-state index in [2.05, 4.69) is 10.4 Å². The van der Waals surface area contributed by atoms with Gasteiger partial charge >= 0.3 is 0 Å². The molecular weight excluding hydrogens is 292 g/mol. The predicted molar refractivity (Wildman–Crippen MR) is 89.2 cm³/mol. The van der Waals surface area contributed by atoms with Gasteiger partial charge in [0.05, 0.1) is 12.6 Å². The van der Waals surface area contributed by atoms with Gasteiger partial charge in [0.15, 0.2) is 0 Å². The zero-order valence-corrected chi connectivity index (χ0v) is 12.8. The molecule has 0 unspecified atom stereocenters. The third-order valence-electron chi connectivity index (χ3n) is 3.48. The quantitative estimate of drug-likeness (QED) is 0.727. The van der Waals surface area contributed by atoms with Gasteiger partial charge in [-0.2, -0.15) is 5.10 Å². The van der Waals surface area contributed by atoms with Gasteiger partial charge in [0.1, 0.15) is 11.5 Å². The molecule has 6 heteroatoms. The molecule has 0 aliphatic carbocycles. The van der Waals surface area contributed by atoms with E-state index in [1.54, 1.807) is 54.3 Å². The van der Waals surface area contributed by atoms with Crippen molar-refractivity contribution in [2.75, 3.05) is 12.4 Å². The van der Waals surface area contributed by atoms with Crippen molar-refractivity contribution in [3.8, 4) is 5.75 Å². The van der Waals surface area contributed by atoms with Gasteiger partial charge in [-0.1, -0.05) is 6.07 Å². The maximum absolute atomic E-state index is 12.2. The van der Waals surface area contributed by atoms with Crippen LogP contribution in [0.5, 0.6) is 5.75 Å². The number of amides is 1. The van der Waals surface area contributed by atoms with Crippen molar-refractivity contribution in [2.45, 2.75) is 0 Å². The first-order valence-electron chi connectivity index (χ1n) is 7.04. The molecule has 0 aliphatic rings. The fourth-order valence-corrected chi connectivity index (χ4v) is 2.30. The highest BCUT2D eigenvalue weighted by molar-refractivity contribution is 6.47. The lowest BCUT2D eigenvalue weighted by Crippen LogP contribution is -2.22. The molecule has 0 bridgehead atoms. The monoisotopic (exact) mass is 308 g/mol. The molecule has 0 saturated heterocycles. The SMILES string of the molecule is COc1ccc(NC(=O)C(=N)c2ccc3nn(C)cc3c2)cc1. The van der Waals surface area contributed by atoms with Gasteiger partial charge in [-0.05, 0) is 36.4 Å². The molecule has 1 aromatic heterocycles. The first kappa shape index (κ1) is 14.8.